The van der Waals surface area contributed by atoms with Crippen molar-refractivity contribution in [2.24, 2.45) is 0 Å². The third-order valence-electron chi connectivity index (χ3n) is 7.60. The molecular formula is C31H37ClN3O3+. The van der Waals surface area contributed by atoms with E-state index in [1.54, 1.807) is 14.2 Å². The second kappa shape index (κ2) is 10.8. The number of aryl methyl sites for hydroxylation is 2. The number of amides is 1. The fourth-order valence-electron chi connectivity index (χ4n) is 5.55. The molecule has 0 bridgehead atoms. The lowest BCUT2D eigenvalue weighted by Gasteiger charge is -2.43. The molecule has 0 N–H and O–H groups in total. The monoisotopic (exact) mass is 534 g/mol. The van der Waals surface area contributed by atoms with Crippen molar-refractivity contribution in [3.05, 3.63) is 82.1 Å². The summed E-state index contributed by atoms with van der Waals surface area (Å²) in [6.45, 7) is 12.8. The lowest BCUT2D eigenvalue weighted by Crippen LogP contribution is -2.61. The minimum absolute atomic E-state index is 0.00359. The van der Waals surface area contributed by atoms with Gasteiger partial charge in [0.15, 0.2) is 5.82 Å². The predicted molar refractivity (Wildman–Crippen MR) is 154 cm³/mol. The number of ether oxygens (including phenoxy) is 2. The molecular weight excluding hydrogens is 498 g/mol. The summed E-state index contributed by atoms with van der Waals surface area (Å²) in [7, 11) is 3.30. The molecule has 1 amide bonds. The van der Waals surface area contributed by atoms with Crippen LogP contribution in [0.25, 0.3) is 16.7 Å². The topological polar surface area (TPSA) is 53.4 Å². The van der Waals surface area contributed by atoms with Gasteiger partial charge in [-0.15, -0.1) is 0 Å². The lowest BCUT2D eigenvalue weighted by atomic mass is 9.97. The van der Waals surface area contributed by atoms with Crippen LogP contribution in [0.15, 0.2) is 54.6 Å². The number of fused-ring (bicyclic) bond motifs is 1. The highest BCUT2D eigenvalue weighted by molar-refractivity contribution is 6.31. The molecule has 0 aliphatic carbocycles. The molecule has 0 saturated carbocycles. The maximum absolute atomic E-state index is 14.7. The number of carbonyl (C=O) groups excluding carboxylic acids is 1. The van der Waals surface area contributed by atoms with Gasteiger partial charge in [-0.2, -0.15) is 0 Å². The van der Waals surface area contributed by atoms with Crippen LogP contribution in [0.5, 0.6) is 11.5 Å². The van der Waals surface area contributed by atoms with Gasteiger partial charge < -0.3 is 9.47 Å². The van der Waals surface area contributed by atoms with Gasteiger partial charge in [0.25, 0.3) is 0 Å². The number of hydrogen-bond acceptors (Lipinski definition) is 4. The average molecular weight is 535 g/mol. The van der Waals surface area contributed by atoms with E-state index in [2.05, 4.69) is 32.3 Å². The van der Waals surface area contributed by atoms with Gasteiger partial charge in [-0.1, -0.05) is 11.6 Å². The first-order valence-electron chi connectivity index (χ1n) is 12.9. The van der Waals surface area contributed by atoms with E-state index in [1.165, 1.54) is 0 Å². The fraction of sp³-hybridized carbons (Fsp3) is 0.355. The van der Waals surface area contributed by atoms with E-state index in [-0.39, 0.29) is 22.5 Å². The van der Waals surface area contributed by atoms with Crippen LogP contribution in [0.1, 0.15) is 55.0 Å². The van der Waals surface area contributed by atoms with E-state index in [0.29, 0.717) is 11.6 Å². The van der Waals surface area contributed by atoms with Crippen molar-refractivity contribution in [2.45, 2.75) is 60.2 Å². The molecule has 7 heteroatoms. The maximum Gasteiger partial charge on any atom is 0.347 e. The maximum atomic E-state index is 14.7. The zero-order valence-electron chi connectivity index (χ0n) is 23.5. The Balaban J connectivity index is 1.94. The number of aromatic nitrogens is 2. The minimum Gasteiger partial charge on any atom is -0.497 e. The van der Waals surface area contributed by atoms with Crippen LogP contribution < -0.4 is 9.47 Å². The molecule has 0 radical (unpaired) electrons. The molecule has 4 rings (SSSR count). The predicted octanol–water partition coefficient (Wildman–Crippen LogP) is 7.29. The Kier molecular flexibility index (Phi) is 7.86. The molecule has 0 saturated heterocycles. The summed E-state index contributed by atoms with van der Waals surface area (Å²) in [4.78, 5) is 19.7. The fourth-order valence-corrected chi connectivity index (χ4v) is 5.71. The zero-order chi connectivity index (χ0) is 27.8. The van der Waals surface area contributed by atoms with E-state index < -0.39 is 0 Å². The summed E-state index contributed by atoms with van der Waals surface area (Å²) in [5.41, 5.74) is 5.21. The largest absolute Gasteiger partial charge is 0.497 e. The van der Waals surface area contributed by atoms with Crippen molar-refractivity contribution in [3.63, 3.8) is 0 Å². The second-order valence-electron chi connectivity index (χ2n) is 10.4. The van der Waals surface area contributed by atoms with Crippen molar-refractivity contribution < 1.29 is 18.8 Å². The molecule has 0 unspecified atom stereocenters. The van der Waals surface area contributed by atoms with Crippen molar-refractivity contribution in [3.8, 4) is 17.2 Å². The molecule has 0 aliphatic heterocycles. The van der Waals surface area contributed by atoms with E-state index in [0.717, 1.165) is 50.7 Å². The molecule has 38 heavy (non-hydrogen) atoms. The Morgan fingerprint density at radius 3 is 2.00 bits per heavy atom. The van der Waals surface area contributed by atoms with Crippen LogP contribution in [0, 0.1) is 13.8 Å². The van der Waals surface area contributed by atoms with Crippen LogP contribution in [-0.2, 0) is 6.54 Å². The number of nitrogens with zero attached hydrogens (tertiary/aromatic N) is 3. The van der Waals surface area contributed by atoms with Crippen LogP contribution >= 0.6 is 11.6 Å². The van der Waals surface area contributed by atoms with E-state index >= 15 is 0 Å². The van der Waals surface area contributed by atoms with E-state index in [1.807, 2.05) is 68.4 Å². The third-order valence-corrected chi connectivity index (χ3v) is 7.83. The number of quaternary nitrogens is 1. The first-order valence-corrected chi connectivity index (χ1v) is 13.3. The number of hydrogen-bond donors (Lipinski definition) is 0. The molecule has 1 heterocycles. The minimum atomic E-state index is -0.00359. The van der Waals surface area contributed by atoms with Gasteiger partial charge in [-0.3, -0.25) is 4.57 Å². The summed E-state index contributed by atoms with van der Waals surface area (Å²) in [5, 5.41) is 0.632. The first kappa shape index (κ1) is 27.7. The standard InChI is InChI=1S/C31H37ClN3O3/c1-19(2)35(20(3)4,31(36)30-21(5)15-26(38-8)16-22(30)6)18-29-33-27-14-9-23(32)17-28(27)34(29)24-10-12-25(37-7)13-11-24/h9-17,19-20H,18H2,1-8H3/q+1. The molecule has 4 aromatic rings. The summed E-state index contributed by atoms with van der Waals surface area (Å²) in [5.74, 6) is 2.40. The normalized spacial score (nSPS) is 12.0. The summed E-state index contributed by atoms with van der Waals surface area (Å²) in [6, 6.07) is 17.4. The van der Waals surface area contributed by atoms with E-state index in [4.69, 9.17) is 26.1 Å². The molecule has 0 aliphatic rings. The van der Waals surface area contributed by atoms with Crippen LogP contribution in [0.3, 0.4) is 0 Å². The highest BCUT2D eigenvalue weighted by Gasteiger charge is 2.46. The summed E-state index contributed by atoms with van der Waals surface area (Å²) in [6.07, 6.45) is 0. The van der Waals surface area contributed by atoms with Gasteiger partial charge in [0, 0.05) is 10.7 Å². The highest BCUT2D eigenvalue weighted by atomic mass is 35.5. The van der Waals surface area contributed by atoms with Crippen molar-refractivity contribution in [1.82, 2.24) is 9.55 Å². The molecule has 6 nitrogen and oxygen atoms in total. The van der Waals surface area contributed by atoms with Crippen LogP contribution in [0.2, 0.25) is 5.02 Å². The zero-order valence-corrected chi connectivity index (χ0v) is 24.3. The van der Waals surface area contributed by atoms with Gasteiger partial charge >= 0.3 is 5.91 Å². The van der Waals surface area contributed by atoms with Gasteiger partial charge in [-0.25, -0.2) is 14.3 Å². The average Bonchev–Trinajstić information content (AvgIpc) is 3.23. The third kappa shape index (κ3) is 4.79. The number of rotatable bonds is 8. The van der Waals surface area contributed by atoms with Gasteiger partial charge in [0.1, 0.15) is 18.0 Å². The van der Waals surface area contributed by atoms with E-state index in [9.17, 15) is 4.79 Å². The summed E-state index contributed by atoms with van der Waals surface area (Å²) >= 11 is 6.43. The van der Waals surface area contributed by atoms with Gasteiger partial charge in [-0.05, 0) is 107 Å². The molecule has 3 aromatic carbocycles. The van der Waals surface area contributed by atoms with Crippen molar-refractivity contribution in [2.75, 3.05) is 14.2 Å². The Morgan fingerprint density at radius 1 is 0.895 bits per heavy atom. The van der Waals surface area contributed by atoms with Crippen LogP contribution in [-0.4, -0.2) is 46.2 Å². The lowest BCUT2D eigenvalue weighted by molar-refractivity contribution is -0.904. The van der Waals surface area contributed by atoms with Gasteiger partial charge in [0.05, 0.1) is 42.9 Å². The Bertz CT molecular complexity index is 1440. The van der Waals surface area contributed by atoms with Gasteiger partial charge in [0.2, 0.25) is 0 Å². The second-order valence-corrected chi connectivity index (χ2v) is 10.8. The number of carbonyl (C=O) groups is 1. The van der Waals surface area contributed by atoms with Crippen LogP contribution in [0.4, 0.5) is 0 Å². The number of benzene rings is 3. The quantitative estimate of drug-likeness (QED) is 0.223. The first-order chi connectivity index (χ1) is 18.0. The molecule has 1 aromatic heterocycles. The van der Waals surface area contributed by atoms with Crippen molar-refractivity contribution in [1.29, 1.82) is 0 Å². The highest BCUT2D eigenvalue weighted by Crippen LogP contribution is 2.34. The Morgan fingerprint density at radius 2 is 1.47 bits per heavy atom. The molecule has 0 fully saturated rings. The van der Waals surface area contributed by atoms with Crippen molar-refractivity contribution >= 4 is 28.5 Å². The number of methoxy groups -OCH3 is 2. The number of imidazole rings is 1. The SMILES string of the molecule is COc1ccc(-n2c(C[N+](C(=O)c3c(C)cc(OC)cc3C)(C(C)C)C(C)C)nc3ccc(Cl)cc32)cc1. The smallest absolute Gasteiger partial charge is 0.347 e. The Hall–Kier alpha value is -3.35. The summed E-state index contributed by atoms with van der Waals surface area (Å²) < 4.78 is 13.2. The number of halogens is 1. The molecule has 200 valence electrons. The Labute approximate surface area is 230 Å². The molecule has 0 atom stereocenters. The molecule has 0 spiro atoms.